The second kappa shape index (κ2) is 24.0. The van der Waals surface area contributed by atoms with Gasteiger partial charge in [0, 0.05) is 55.9 Å². The highest BCUT2D eigenvalue weighted by Crippen LogP contribution is 2.50. The number of imide groups is 4. The summed E-state index contributed by atoms with van der Waals surface area (Å²) < 4.78 is 0. The van der Waals surface area contributed by atoms with Gasteiger partial charge in [0.25, 0.3) is 47.3 Å². The van der Waals surface area contributed by atoms with Gasteiger partial charge in [0.15, 0.2) is 0 Å². The van der Waals surface area contributed by atoms with Crippen LogP contribution in [0.4, 0.5) is 0 Å². The molecule has 4 aliphatic heterocycles. The molecular formula is C78H78N4O8. The summed E-state index contributed by atoms with van der Waals surface area (Å²) in [7, 11) is 0. The largest absolute Gasteiger partial charge is 0.281 e. The van der Waals surface area contributed by atoms with E-state index in [9.17, 15) is 19.2 Å². The molecule has 0 radical (unpaired) electrons. The molecule has 4 aliphatic rings. The maximum absolute atomic E-state index is 15.2. The molecule has 0 aliphatic carbocycles. The lowest BCUT2D eigenvalue weighted by Crippen LogP contribution is -2.58. The molecule has 12 nitrogen and oxygen atoms in total. The summed E-state index contributed by atoms with van der Waals surface area (Å²) in [6.45, 7) is 8.79. The topological polar surface area (TPSA) is 150 Å². The molecule has 0 N–H and O–H groups in total. The van der Waals surface area contributed by atoms with Gasteiger partial charge in [-0.3, -0.25) is 48.2 Å². The normalized spacial score (nSPS) is 15.1. The van der Waals surface area contributed by atoms with Crippen molar-refractivity contribution in [3.63, 3.8) is 0 Å². The smallest absolute Gasteiger partial charge is 0.271 e. The molecule has 4 heterocycles. The Kier molecular flexibility index (Phi) is 15.7. The number of carbonyl (C=O) groups is 8. The maximum Gasteiger partial charge on any atom is 0.281 e. The molecule has 12 heteroatoms. The van der Waals surface area contributed by atoms with Crippen LogP contribution in [0.1, 0.15) is 265 Å². The fourth-order valence-corrected chi connectivity index (χ4v) is 16.3. The molecule has 8 amide bonds. The van der Waals surface area contributed by atoms with Gasteiger partial charge in [-0.1, -0.05) is 205 Å². The number of rotatable bonds is 27. The van der Waals surface area contributed by atoms with Gasteiger partial charge in [-0.2, -0.15) is 10.0 Å². The van der Waals surface area contributed by atoms with E-state index >= 15 is 19.2 Å². The number of carbonyl (C=O) groups excluding carboxylic acids is 8. The summed E-state index contributed by atoms with van der Waals surface area (Å²) in [5, 5.41) is 12.3. The molecule has 0 fully saturated rings. The molecule has 90 heavy (non-hydrogen) atoms. The Bertz CT molecular complexity index is 4110. The van der Waals surface area contributed by atoms with E-state index in [4.69, 9.17) is 0 Å². The zero-order chi connectivity index (χ0) is 62.2. The molecule has 0 saturated heterocycles. The van der Waals surface area contributed by atoms with Crippen molar-refractivity contribution in [3.05, 3.63) is 142 Å². The molecular weight excluding hydrogens is 1120 g/mol. The van der Waals surface area contributed by atoms with Crippen LogP contribution in [0.15, 0.2) is 97.1 Å². The van der Waals surface area contributed by atoms with Crippen molar-refractivity contribution in [2.75, 3.05) is 0 Å². The van der Waals surface area contributed by atoms with Crippen LogP contribution in [0.5, 0.6) is 0 Å². The van der Waals surface area contributed by atoms with Crippen molar-refractivity contribution >= 4 is 133 Å². The molecule has 0 atom stereocenters. The Hall–Kier alpha value is -8.64. The Labute approximate surface area is 524 Å². The Balaban J connectivity index is 0.793. The van der Waals surface area contributed by atoms with Crippen LogP contribution >= 0.6 is 0 Å². The van der Waals surface area contributed by atoms with E-state index in [2.05, 4.69) is 27.7 Å². The molecule has 0 aromatic heterocycles. The third kappa shape index (κ3) is 9.10. The summed E-state index contributed by atoms with van der Waals surface area (Å²) >= 11 is 0. The summed E-state index contributed by atoms with van der Waals surface area (Å²) in [5.74, 6) is -4.40. The van der Waals surface area contributed by atoms with Crippen LogP contribution in [0, 0.1) is 0 Å². The number of hydrazine groups is 1. The second-order valence-corrected chi connectivity index (χ2v) is 26.2. The standard InChI is InChI=1S/C78H78N4O8/c1-5-9-13-17-21-25-45(26-22-18-14-10-6-2)79-71(83)55-37-29-47-51-33-41-59-69-60(42-34-52(65(51)69)48-30-38-56(72(79)84)67(55)63(47)48)76(88)81(75(59)87)82-77(89)61-43-35-53-49-31-39-57-68-58(40-32-50(64(49)68)54-36-44-62(78(82)90)70(61)66(53)54)74(86)80(73(57)85)46(27-23-19-15-11-7-3)28-24-20-16-12-8-4/h29-46H,5-28H2,1-4H3. The molecule has 0 saturated carbocycles. The highest BCUT2D eigenvalue weighted by Gasteiger charge is 2.47. The SMILES string of the molecule is CCCCCCCC(CCCCCCC)N1C(=O)c2ccc3c4ccc5c6c(ccc(c7ccc(c2c37)C1=O)c64)C(=O)N(N1C(=O)c2ccc3c4ccc6c7c(ccc(c8ccc(c2c38)C1=O)c74)C(=O)N(C(CCCCCCC)CCCCCCC)C6=O)C5=O. The fourth-order valence-electron chi connectivity index (χ4n) is 16.3. The number of amides is 8. The quantitative estimate of drug-likeness (QED) is 0.0214. The predicted molar refractivity (Wildman–Crippen MR) is 358 cm³/mol. The maximum atomic E-state index is 15.2. The first-order chi connectivity index (χ1) is 43.9. The van der Waals surface area contributed by atoms with E-state index in [0.717, 1.165) is 182 Å². The van der Waals surface area contributed by atoms with Crippen LogP contribution in [0.25, 0.3) is 86.2 Å². The van der Waals surface area contributed by atoms with Gasteiger partial charge in [0.1, 0.15) is 0 Å². The summed E-state index contributed by atoms with van der Waals surface area (Å²) in [4.78, 5) is 123. The van der Waals surface area contributed by atoms with Crippen molar-refractivity contribution < 1.29 is 38.4 Å². The number of nitrogens with zero attached hydrogens (tertiary/aromatic N) is 4. The van der Waals surface area contributed by atoms with Crippen LogP contribution in [0.3, 0.4) is 0 Å². The summed E-state index contributed by atoms with van der Waals surface area (Å²) in [5.41, 5.74) is 2.52. The van der Waals surface area contributed by atoms with Crippen molar-refractivity contribution in [1.29, 1.82) is 0 Å². The summed E-state index contributed by atoms with van der Waals surface area (Å²) in [6.07, 6.45) is 24.9. The van der Waals surface area contributed by atoms with Crippen LogP contribution in [-0.2, 0) is 0 Å². The van der Waals surface area contributed by atoms with E-state index in [1.54, 1.807) is 34.1 Å². The van der Waals surface area contributed by atoms with E-state index in [-0.39, 0.29) is 58.0 Å². The third-order valence-electron chi connectivity index (χ3n) is 20.8. The van der Waals surface area contributed by atoms with Crippen molar-refractivity contribution in [1.82, 2.24) is 19.8 Å². The highest BCUT2D eigenvalue weighted by atomic mass is 16.2. The number of fused-ring (bicyclic) bond motifs is 4. The summed E-state index contributed by atoms with van der Waals surface area (Å²) in [6, 6.07) is 28.5. The lowest BCUT2D eigenvalue weighted by molar-refractivity contribution is 0.00213. The second-order valence-electron chi connectivity index (χ2n) is 26.2. The lowest BCUT2D eigenvalue weighted by atomic mass is 9.81. The van der Waals surface area contributed by atoms with Gasteiger partial charge in [-0.15, -0.1) is 0 Å². The van der Waals surface area contributed by atoms with Gasteiger partial charge in [0.2, 0.25) is 0 Å². The molecule has 0 bridgehead atoms. The molecule has 14 rings (SSSR count). The predicted octanol–water partition coefficient (Wildman–Crippen LogP) is 19.0. The Morgan fingerprint density at radius 2 is 0.400 bits per heavy atom. The number of benzene rings is 10. The van der Waals surface area contributed by atoms with Gasteiger partial charge < -0.3 is 0 Å². The number of hydrogen-bond acceptors (Lipinski definition) is 8. The lowest BCUT2D eigenvalue weighted by Gasteiger charge is -2.37. The van der Waals surface area contributed by atoms with E-state index in [1.807, 2.05) is 72.8 Å². The monoisotopic (exact) mass is 1200 g/mol. The van der Waals surface area contributed by atoms with Gasteiger partial charge >= 0.3 is 0 Å². The van der Waals surface area contributed by atoms with Crippen molar-refractivity contribution in [2.45, 2.75) is 194 Å². The average molecular weight is 1200 g/mol. The van der Waals surface area contributed by atoms with Gasteiger partial charge in [-0.25, -0.2) is 0 Å². The third-order valence-corrected chi connectivity index (χ3v) is 20.8. The molecule has 10 aromatic carbocycles. The molecule has 458 valence electrons. The van der Waals surface area contributed by atoms with E-state index in [1.165, 1.54) is 25.7 Å². The first-order valence-corrected chi connectivity index (χ1v) is 33.9. The van der Waals surface area contributed by atoms with Crippen LogP contribution in [-0.4, -0.2) is 79.2 Å². The molecule has 10 aromatic rings. The first-order valence-electron chi connectivity index (χ1n) is 33.9. The van der Waals surface area contributed by atoms with Crippen molar-refractivity contribution in [2.24, 2.45) is 0 Å². The van der Waals surface area contributed by atoms with Gasteiger partial charge in [0.05, 0.1) is 22.3 Å². The zero-order valence-electron chi connectivity index (χ0n) is 52.4. The first kappa shape index (κ1) is 59.0. The van der Waals surface area contributed by atoms with E-state index in [0.29, 0.717) is 64.6 Å². The fraction of sp³-hybridized carbons (Fsp3) is 0.385. The highest BCUT2D eigenvalue weighted by molar-refractivity contribution is 6.44. The van der Waals surface area contributed by atoms with Crippen LogP contribution < -0.4 is 0 Å². The number of hydrogen-bond donors (Lipinski definition) is 0. The minimum Gasteiger partial charge on any atom is -0.271 e. The van der Waals surface area contributed by atoms with Crippen molar-refractivity contribution in [3.8, 4) is 0 Å². The minimum absolute atomic E-state index is 0.143. The Morgan fingerprint density at radius 3 is 0.589 bits per heavy atom. The molecule has 0 spiro atoms. The average Bonchev–Trinajstić information content (AvgIpc) is 0.704. The minimum atomic E-state index is -0.828. The van der Waals surface area contributed by atoms with Crippen LogP contribution in [0.2, 0.25) is 0 Å². The Morgan fingerprint density at radius 1 is 0.222 bits per heavy atom. The van der Waals surface area contributed by atoms with Gasteiger partial charge in [-0.05, 0) is 139 Å². The zero-order valence-corrected chi connectivity index (χ0v) is 52.4. The van der Waals surface area contributed by atoms with E-state index < -0.39 is 23.6 Å². The molecule has 0 unspecified atom stereocenters. The number of unbranched alkanes of at least 4 members (excludes halogenated alkanes) is 16.